The van der Waals surface area contributed by atoms with Gasteiger partial charge in [-0.25, -0.2) is 26.0 Å². The SMILES string of the molecule is C.C.CC(C)(C)S(=O)(=O)CC1(C(=O)O)CCC(F)(F)CC1.CC(C)(C)SCC1(C(=O)O)CCC(F)(F)CC1. The lowest BCUT2D eigenvalue weighted by atomic mass is 9.74. The number of sulfone groups is 1. The standard InChI is InChI=1S/C12H20F2O4S.C12H20F2O2S.2CH4/c1-10(2,3)19(17,18)8-11(9(15)16)4-6-12(13,14)7-5-11;1-10(2,3)17-8-11(9(15)16)4-6-12(13,14)7-5-11;;/h4-8H2,1-3H3,(H,15,16);4-8H2,1-3H3,(H,15,16);2*1H4. The third kappa shape index (κ3) is 10.8. The molecule has 2 N–H and O–H groups in total. The van der Waals surface area contributed by atoms with Crippen molar-refractivity contribution in [3.8, 4) is 0 Å². The number of carboxylic acid groups (broad SMARTS) is 2. The number of halogens is 4. The van der Waals surface area contributed by atoms with Crippen molar-refractivity contribution in [2.24, 2.45) is 10.8 Å². The Morgan fingerprint density at radius 3 is 1.29 bits per heavy atom. The fourth-order valence-corrected chi connectivity index (χ4v) is 6.66. The summed E-state index contributed by atoms with van der Waals surface area (Å²) in [6.45, 7) is 10.5. The molecule has 2 rings (SSSR count). The number of carbonyl (C=O) groups is 2. The summed E-state index contributed by atoms with van der Waals surface area (Å²) in [4.78, 5) is 22.7. The minimum absolute atomic E-state index is 0. The summed E-state index contributed by atoms with van der Waals surface area (Å²) in [5.41, 5.74) is -2.53. The van der Waals surface area contributed by atoms with Crippen LogP contribution in [0.1, 0.15) is 108 Å². The van der Waals surface area contributed by atoms with Crippen LogP contribution in [0.3, 0.4) is 0 Å². The second-order valence-electron chi connectivity index (χ2n) is 12.2. The summed E-state index contributed by atoms with van der Waals surface area (Å²) in [6, 6.07) is 0. The van der Waals surface area contributed by atoms with Crippen LogP contribution >= 0.6 is 11.8 Å². The molecule has 6 nitrogen and oxygen atoms in total. The topological polar surface area (TPSA) is 109 Å². The summed E-state index contributed by atoms with van der Waals surface area (Å²) in [6.07, 6.45) is -2.18. The molecule has 2 fully saturated rings. The molecule has 0 unspecified atom stereocenters. The highest BCUT2D eigenvalue weighted by molar-refractivity contribution is 8.00. The molecule has 0 bridgehead atoms. The highest BCUT2D eigenvalue weighted by Gasteiger charge is 2.52. The third-order valence-electron chi connectivity index (χ3n) is 6.97. The van der Waals surface area contributed by atoms with Gasteiger partial charge >= 0.3 is 11.9 Å². The van der Waals surface area contributed by atoms with Crippen molar-refractivity contribution in [3.63, 3.8) is 0 Å². The maximum Gasteiger partial charge on any atom is 0.310 e. The molecule has 0 aromatic rings. The molecule has 0 atom stereocenters. The molecule has 228 valence electrons. The molecule has 0 aliphatic heterocycles. The van der Waals surface area contributed by atoms with Gasteiger partial charge in [0.25, 0.3) is 0 Å². The van der Waals surface area contributed by atoms with Crippen LogP contribution in [0.5, 0.6) is 0 Å². The van der Waals surface area contributed by atoms with Gasteiger partial charge in [0.15, 0.2) is 9.84 Å². The second kappa shape index (κ2) is 13.1. The normalized spacial score (nSPS) is 21.9. The lowest BCUT2D eigenvalue weighted by molar-refractivity contribution is -0.155. The molecule has 0 radical (unpaired) electrons. The van der Waals surface area contributed by atoms with Crippen molar-refractivity contribution in [3.05, 3.63) is 0 Å². The molecule has 12 heteroatoms. The fourth-order valence-electron chi connectivity index (χ4n) is 3.96. The predicted molar refractivity (Wildman–Crippen MR) is 146 cm³/mol. The van der Waals surface area contributed by atoms with E-state index in [0.717, 1.165) is 0 Å². The molecule has 2 aliphatic carbocycles. The molecule has 0 saturated heterocycles. The number of alkyl halides is 4. The number of thioether (sulfide) groups is 1. The van der Waals surface area contributed by atoms with Crippen LogP contribution in [0.4, 0.5) is 17.6 Å². The van der Waals surface area contributed by atoms with Crippen LogP contribution in [0.2, 0.25) is 0 Å². The molecular weight excluding hydrogens is 548 g/mol. The van der Waals surface area contributed by atoms with E-state index in [2.05, 4.69) is 0 Å². The summed E-state index contributed by atoms with van der Waals surface area (Å²) < 4.78 is 75.6. The van der Waals surface area contributed by atoms with E-state index in [4.69, 9.17) is 0 Å². The quantitative estimate of drug-likeness (QED) is 0.305. The van der Waals surface area contributed by atoms with Gasteiger partial charge in [-0.15, -0.1) is 0 Å². The average molecular weight is 597 g/mol. The smallest absolute Gasteiger partial charge is 0.310 e. The van der Waals surface area contributed by atoms with Gasteiger partial charge in [-0.2, -0.15) is 11.8 Å². The number of carboxylic acids is 2. The lowest BCUT2D eigenvalue weighted by Gasteiger charge is -2.37. The first-order valence-electron chi connectivity index (χ1n) is 12.0. The average Bonchev–Trinajstić information content (AvgIpc) is 2.68. The molecule has 0 aromatic heterocycles. The van der Waals surface area contributed by atoms with E-state index in [-0.39, 0.29) is 58.1 Å². The van der Waals surface area contributed by atoms with Crippen LogP contribution in [-0.2, 0) is 19.4 Å². The van der Waals surface area contributed by atoms with E-state index in [0.29, 0.717) is 5.75 Å². The van der Waals surface area contributed by atoms with Crippen LogP contribution in [-0.4, -0.2) is 63.4 Å². The maximum atomic E-state index is 13.1. The number of hydrogen-bond donors (Lipinski definition) is 2. The lowest BCUT2D eigenvalue weighted by Crippen LogP contribution is -2.47. The fraction of sp³-hybridized carbons (Fsp3) is 0.923. The number of rotatable bonds is 6. The first-order chi connectivity index (χ1) is 15.9. The highest BCUT2D eigenvalue weighted by Crippen LogP contribution is 2.47. The zero-order valence-electron chi connectivity index (χ0n) is 21.9. The number of hydrogen-bond acceptors (Lipinski definition) is 5. The van der Waals surface area contributed by atoms with Crippen LogP contribution < -0.4 is 0 Å². The Hall–Kier alpha value is -1.04. The third-order valence-corrected chi connectivity index (χ3v) is 11.3. The van der Waals surface area contributed by atoms with E-state index < -0.39 is 67.8 Å². The zero-order valence-corrected chi connectivity index (χ0v) is 23.6. The molecule has 0 heterocycles. The van der Waals surface area contributed by atoms with E-state index >= 15 is 0 Å². The van der Waals surface area contributed by atoms with Gasteiger partial charge in [-0.05, 0) is 46.5 Å². The van der Waals surface area contributed by atoms with Crippen molar-refractivity contribution in [1.82, 2.24) is 0 Å². The minimum atomic E-state index is -3.66. The van der Waals surface area contributed by atoms with Crippen molar-refractivity contribution < 1.29 is 45.8 Å². The zero-order chi connectivity index (χ0) is 28.4. The summed E-state index contributed by atoms with van der Waals surface area (Å²) in [5.74, 6) is -7.94. The molecule has 0 spiro atoms. The Morgan fingerprint density at radius 2 is 1.03 bits per heavy atom. The van der Waals surface area contributed by atoms with E-state index in [9.17, 15) is 45.8 Å². The van der Waals surface area contributed by atoms with Gasteiger partial charge < -0.3 is 10.2 Å². The van der Waals surface area contributed by atoms with Crippen molar-refractivity contribution >= 4 is 33.5 Å². The Balaban J connectivity index is 0. The Bertz CT molecular complexity index is 886. The molecule has 0 amide bonds. The van der Waals surface area contributed by atoms with Gasteiger partial charge in [-0.1, -0.05) is 35.6 Å². The van der Waals surface area contributed by atoms with Crippen molar-refractivity contribution in [2.75, 3.05) is 11.5 Å². The largest absolute Gasteiger partial charge is 0.481 e. The second-order valence-corrected chi connectivity index (χ2v) is 16.7. The number of aliphatic carboxylic acids is 2. The summed E-state index contributed by atoms with van der Waals surface area (Å²) >= 11 is 1.54. The van der Waals surface area contributed by atoms with Crippen molar-refractivity contribution in [2.45, 2.75) is 129 Å². The first-order valence-corrected chi connectivity index (χ1v) is 14.6. The van der Waals surface area contributed by atoms with Gasteiger partial charge in [0.1, 0.15) is 0 Å². The van der Waals surface area contributed by atoms with Crippen LogP contribution in [0.15, 0.2) is 0 Å². The molecular formula is C26H48F4O6S2. The summed E-state index contributed by atoms with van der Waals surface area (Å²) in [7, 11) is -3.66. The molecule has 2 saturated carbocycles. The van der Waals surface area contributed by atoms with E-state index in [1.807, 2.05) is 20.8 Å². The molecule has 38 heavy (non-hydrogen) atoms. The van der Waals surface area contributed by atoms with Crippen LogP contribution in [0, 0.1) is 10.8 Å². The van der Waals surface area contributed by atoms with Crippen LogP contribution in [0.25, 0.3) is 0 Å². The van der Waals surface area contributed by atoms with Crippen molar-refractivity contribution in [1.29, 1.82) is 0 Å². The monoisotopic (exact) mass is 596 g/mol. The van der Waals surface area contributed by atoms with Gasteiger partial charge in [0.2, 0.25) is 11.8 Å². The molecule has 2 aliphatic rings. The summed E-state index contributed by atoms with van der Waals surface area (Å²) in [5, 5.41) is 18.6. The van der Waals surface area contributed by atoms with E-state index in [1.165, 1.54) is 20.8 Å². The first kappa shape index (κ1) is 39.1. The Labute approximate surface area is 230 Å². The predicted octanol–water partition coefficient (Wildman–Crippen LogP) is 7.55. The van der Waals surface area contributed by atoms with Gasteiger partial charge in [0, 0.05) is 36.2 Å². The van der Waals surface area contributed by atoms with Gasteiger partial charge in [-0.3, -0.25) is 9.59 Å². The van der Waals surface area contributed by atoms with Gasteiger partial charge in [0.05, 0.1) is 21.3 Å². The minimum Gasteiger partial charge on any atom is -0.481 e. The van der Waals surface area contributed by atoms with E-state index in [1.54, 1.807) is 11.8 Å². The Kier molecular flexibility index (Phi) is 13.5. The highest BCUT2D eigenvalue weighted by atomic mass is 32.2. The Morgan fingerprint density at radius 1 is 0.711 bits per heavy atom. The maximum absolute atomic E-state index is 13.1. The molecule has 0 aromatic carbocycles.